The van der Waals surface area contributed by atoms with Gasteiger partial charge < -0.3 is 28.7 Å². The Morgan fingerprint density at radius 1 is 0.597 bits per heavy atom. The third-order valence-corrected chi connectivity index (χ3v) is 17.5. The number of nitrogens with zero attached hydrogens (tertiary/aromatic N) is 5. The minimum absolute atomic E-state index is 0.0611. The molecule has 0 bridgehead atoms. The number of amides is 2. The van der Waals surface area contributed by atoms with Crippen LogP contribution in [0.25, 0.3) is 22.5 Å². The zero-order chi connectivity index (χ0) is 57.2. The Kier molecular flexibility index (Phi) is 19.8. The van der Waals surface area contributed by atoms with E-state index in [1.54, 1.807) is 48.7 Å². The number of hydrogen-bond donors (Lipinski definition) is 0. The second kappa shape index (κ2) is 24.6. The molecule has 77 heavy (non-hydrogen) atoms. The lowest BCUT2D eigenvalue weighted by Gasteiger charge is -2.32. The van der Waals surface area contributed by atoms with Crippen LogP contribution < -0.4 is 9.47 Å². The van der Waals surface area contributed by atoms with Crippen LogP contribution in [0.3, 0.4) is 0 Å². The Bertz CT molecular complexity index is 2810. The summed E-state index contributed by atoms with van der Waals surface area (Å²) in [5.41, 5.74) is 8.00. The van der Waals surface area contributed by atoms with Crippen molar-refractivity contribution in [3.63, 3.8) is 0 Å². The van der Waals surface area contributed by atoms with E-state index < -0.39 is 5.60 Å². The van der Waals surface area contributed by atoms with Gasteiger partial charge in [-0.2, -0.15) is 0 Å². The monoisotopic (exact) mass is 1150 g/mol. The molecule has 3 aromatic heterocycles. The van der Waals surface area contributed by atoms with Crippen molar-refractivity contribution in [3.05, 3.63) is 81.3 Å². The van der Waals surface area contributed by atoms with Crippen molar-refractivity contribution in [2.75, 3.05) is 47.0 Å². The first-order valence-electron chi connectivity index (χ1n) is 26.9. The zero-order valence-corrected chi connectivity index (χ0v) is 52.9. The van der Waals surface area contributed by atoms with E-state index in [0.717, 1.165) is 97.0 Å². The Morgan fingerprint density at radius 3 is 1.34 bits per heavy atom. The summed E-state index contributed by atoms with van der Waals surface area (Å²) >= 11 is 18.2. The van der Waals surface area contributed by atoms with Gasteiger partial charge in [0, 0.05) is 76.8 Å². The van der Waals surface area contributed by atoms with Crippen molar-refractivity contribution >= 4 is 75.2 Å². The summed E-state index contributed by atoms with van der Waals surface area (Å²) in [4.78, 5) is 55.5. The maximum absolute atomic E-state index is 13.0. The molecule has 0 spiro atoms. The molecule has 2 fully saturated rings. The van der Waals surface area contributed by atoms with Crippen LogP contribution in [0.15, 0.2) is 29.6 Å². The van der Waals surface area contributed by atoms with E-state index in [2.05, 4.69) is 112 Å². The Labute approximate surface area is 481 Å². The molecule has 0 radical (unpaired) electrons. The number of thiazole rings is 3. The standard InChI is InChI=1S/C32H42ClN3O4S2.C28H41ClN2O3S/c1-9-40-26(38)16-21-18-41-24(34-21)17-25(37)36-12-10-19(11-13-36)30-35-27(29(33)42-30)20-14-22(31(2,3)4)28(39-8)23(15-20)32(5,6)7;1-26(2,3)19-15-18(16-20(22(19)33-10)27(4,5)6)21-23(29)35-24(30-21)17-11-13-31(14-12-17)25(32)34-28(7,8)9/h14-15,18-19H,9-13,16-17H2,1-8H3;15-17H,11-14H2,1-10H3. The minimum atomic E-state index is -0.484. The summed E-state index contributed by atoms with van der Waals surface area (Å²) in [5.74, 6) is 2.16. The van der Waals surface area contributed by atoms with Crippen molar-refractivity contribution in [1.29, 1.82) is 0 Å². The van der Waals surface area contributed by atoms with Gasteiger partial charge in [-0.1, -0.05) is 106 Å². The molecular formula is C60H83Cl2N5O7S3. The smallest absolute Gasteiger partial charge is 0.410 e. The minimum Gasteiger partial charge on any atom is -0.496 e. The molecule has 0 atom stereocenters. The molecule has 0 saturated carbocycles. The zero-order valence-electron chi connectivity index (χ0n) is 48.9. The number of aromatic nitrogens is 3. The number of ether oxygens (including phenoxy) is 4. The van der Waals surface area contributed by atoms with E-state index in [1.807, 2.05) is 31.1 Å². The van der Waals surface area contributed by atoms with Gasteiger partial charge in [0.25, 0.3) is 0 Å². The second-order valence-corrected chi connectivity index (χ2v) is 29.6. The first kappa shape index (κ1) is 61.9. The molecule has 5 aromatic rings. The Morgan fingerprint density at radius 2 is 0.987 bits per heavy atom. The molecule has 0 unspecified atom stereocenters. The van der Waals surface area contributed by atoms with Crippen LogP contribution in [0.5, 0.6) is 11.5 Å². The highest BCUT2D eigenvalue weighted by molar-refractivity contribution is 7.16. The van der Waals surface area contributed by atoms with E-state index in [-0.39, 0.29) is 64.3 Å². The van der Waals surface area contributed by atoms with Gasteiger partial charge in [-0.3, -0.25) is 9.59 Å². The van der Waals surface area contributed by atoms with E-state index in [1.165, 1.54) is 11.3 Å². The summed E-state index contributed by atoms with van der Waals surface area (Å²) in [6.07, 6.45) is 3.52. The maximum Gasteiger partial charge on any atom is 0.410 e. The molecule has 12 nitrogen and oxygen atoms in total. The molecule has 0 aliphatic carbocycles. The van der Waals surface area contributed by atoms with Gasteiger partial charge in [-0.05, 0) is 99.3 Å². The van der Waals surface area contributed by atoms with Crippen LogP contribution >= 0.6 is 57.2 Å². The number of halogens is 2. The number of methoxy groups -OCH3 is 2. The van der Waals surface area contributed by atoms with Crippen molar-refractivity contribution in [1.82, 2.24) is 24.8 Å². The first-order valence-corrected chi connectivity index (χ1v) is 30.1. The number of likely N-dealkylation sites (tertiary alicyclic amines) is 2. The first-order chi connectivity index (χ1) is 35.7. The molecule has 2 amide bonds. The number of carbonyl (C=O) groups excluding carboxylic acids is 3. The SMILES string of the molecule is CCOC(=O)Cc1csc(CC(=O)N2CCC(c3nc(-c4cc(C(C)(C)C)c(OC)c(C(C)(C)C)c4)c(Cl)s3)CC2)n1.COc1c(C(C)(C)C)cc(-c2nc(C3CCN(C(=O)OC(C)(C)C)CC3)sc2Cl)cc1C(C)(C)C. The van der Waals surface area contributed by atoms with Crippen LogP contribution in [-0.2, 0) is 53.6 Å². The van der Waals surface area contributed by atoms with Crippen molar-refractivity contribution in [2.45, 2.75) is 188 Å². The summed E-state index contributed by atoms with van der Waals surface area (Å²) in [5, 5.41) is 4.62. The van der Waals surface area contributed by atoms with Crippen LogP contribution in [0.4, 0.5) is 4.79 Å². The third-order valence-electron chi connectivity index (χ3n) is 13.8. The quantitative estimate of drug-likeness (QED) is 0.118. The lowest BCUT2D eigenvalue weighted by Crippen LogP contribution is -2.41. The van der Waals surface area contributed by atoms with Crippen LogP contribution in [0, 0.1) is 0 Å². The molecule has 422 valence electrons. The fourth-order valence-corrected chi connectivity index (χ4v) is 13.2. The molecule has 17 heteroatoms. The van der Waals surface area contributed by atoms with Gasteiger partial charge >= 0.3 is 12.1 Å². The fraction of sp³-hybridized carbons (Fsp3) is 0.600. The fourth-order valence-electron chi connectivity index (χ4n) is 9.66. The number of piperidine rings is 2. The largest absolute Gasteiger partial charge is 0.496 e. The lowest BCUT2D eigenvalue weighted by molar-refractivity contribution is -0.142. The van der Waals surface area contributed by atoms with E-state index in [9.17, 15) is 14.4 Å². The third kappa shape index (κ3) is 15.8. The summed E-state index contributed by atoms with van der Waals surface area (Å²) in [6.45, 7) is 36.9. The molecule has 0 N–H and O–H groups in total. The van der Waals surface area contributed by atoms with Gasteiger partial charge in [-0.15, -0.1) is 34.0 Å². The average Bonchev–Trinajstić information content (AvgIpc) is 4.07. The molecule has 5 heterocycles. The van der Waals surface area contributed by atoms with Gasteiger partial charge in [0.2, 0.25) is 5.91 Å². The number of carbonyl (C=O) groups is 3. The topological polar surface area (TPSA) is 133 Å². The van der Waals surface area contributed by atoms with Gasteiger partial charge in [0.1, 0.15) is 42.2 Å². The van der Waals surface area contributed by atoms with Crippen molar-refractivity contribution in [3.8, 4) is 34.0 Å². The van der Waals surface area contributed by atoms with Crippen LogP contribution in [0.1, 0.15) is 191 Å². The molecule has 2 aliphatic rings. The van der Waals surface area contributed by atoms with Gasteiger partial charge in [-0.25, -0.2) is 19.7 Å². The summed E-state index contributed by atoms with van der Waals surface area (Å²) in [7, 11) is 3.49. The van der Waals surface area contributed by atoms with E-state index >= 15 is 0 Å². The molecule has 7 rings (SSSR count). The van der Waals surface area contributed by atoms with E-state index in [4.69, 9.17) is 52.1 Å². The number of rotatable bonds is 11. The molecule has 2 aromatic carbocycles. The predicted molar refractivity (Wildman–Crippen MR) is 318 cm³/mol. The van der Waals surface area contributed by atoms with Crippen LogP contribution in [0.2, 0.25) is 8.67 Å². The van der Waals surface area contributed by atoms with Crippen LogP contribution in [-0.4, -0.2) is 95.3 Å². The highest BCUT2D eigenvalue weighted by Gasteiger charge is 2.34. The van der Waals surface area contributed by atoms with Crippen molar-refractivity contribution < 1.29 is 33.3 Å². The highest BCUT2D eigenvalue weighted by atomic mass is 35.5. The number of benzene rings is 2. The molecular weight excluding hydrogens is 1070 g/mol. The second-order valence-electron chi connectivity index (χ2n) is 25.3. The summed E-state index contributed by atoms with van der Waals surface area (Å²) < 4.78 is 23.8. The Balaban J connectivity index is 0.000000254. The average molecular weight is 1150 g/mol. The predicted octanol–water partition coefficient (Wildman–Crippen LogP) is 15.8. The molecule has 2 aliphatic heterocycles. The normalized spacial score (nSPS) is 15.3. The lowest BCUT2D eigenvalue weighted by atomic mass is 9.78. The highest BCUT2D eigenvalue weighted by Crippen LogP contribution is 2.48. The van der Waals surface area contributed by atoms with Gasteiger partial charge in [0.15, 0.2) is 0 Å². The van der Waals surface area contributed by atoms with E-state index in [0.29, 0.717) is 47.2 Å². The van der Waals surface area contributed by atoms with Gasteiger partial charge in [0.05, 0.1) is 49.4 Å². The number of esters is 1. The maximum atomic E-state index is 13.0. The number of hydrogen-bond acceptors (Lipinski definition) is 13. The molecule has 2 saturated heterocycles. The summed E-state index contributed by atoms with van der Waals surface area (Å²) in [6, 6.07) is 8.72. The van der Waals surface area contributed by atoms with Crippen molar-refractivity contribution in [2.24, 2.45) is 0 Å². The Hall–Kier alpha value is -4.28.